The van der Waals surface area contributed by atoms with Crippen molar-refractivity contribution in [3.8, 4) is 0 Å². The maximum absolute atomic E-state index is 12.0. The first kappa shape index (κ1) is 19.5. The minimum atomic E-state index is -0.445. The van der Waals surface area contributed by atoms with Crippen molar-refractivity contribution in [1.29, 1.82) is 0 Å². The first-order valence-electron chi connectivity index (χ1n) is 8.22. The summed E-state index contributed by atoms with van der Waals surface area (Å²) in [7, 11) is 0. The summed E-state index contributed by atoms with van der Waals surface area (Å²) in [4.78, 5) is 23.8. The second kappa shape index (κ2) is 9.06. The normalized spacial score (nSPS) is 13.5. The number of hydrogen-bond acceptors (Lipinski definition) is 5. The second-order valence-corrected chi connectivity index (χ2v) is 7.11. The van der Waals surface area contributed by atoms with Crippen LogP contribution >= 0.6 is 27.5 Å². The van der Waals surface area contributed by atoms with E-state index in [1.165, 1.54) is 0 Å². The summed E-state index contributed by atoms with van der Waals surface area (Å²) in [5.41, 5.74) is 1.91. The van der Waals surface area contributed by atoms with Gasteiger partial charge in [0, 0.05) is 9.50 Å². The molecule has 1 aliphatic heterocycles. The fourth-order valence-corrected chi connectivity index (χ4v) is 2.93. The van der Waals surface area contributed by atoms with Gasteiger partial charge in [-0.05, 0) is 35.4 Å². The molecule has 2 aromatic rings. The molecular weight excluding hydrogens is 436 g/mol. The van der Waals surface area contributed by atoms with Crippen LogP contribution in [0.2, 0.25) is 5.02 Å². The Morgan fingerprint density at radius 2 is 1.78 bits per heavy atom. The molecule has 0 unspecified atom stereocenters. The number of cyclic esters (lactones) is 1. The van der Waals surface area contributed by atoms with Crippen molar-refractivity contribution in [2.24, 2.45) is 0 Å². The molecule has 0 saturated heterocycles. The van der Waals surface area contributed by atoms with Crippen LogP contribution in [0, 0.1) is 0 Å². The molecular formula is C20H16BrClO5. The second-order valence-electron chi connectivity index (χ2n) is 5.75. The third kappa shape index (κ3) is 5.34. The third-order valence-electron chi connectivity index (χ3n) is 3.83. The highest BCUT2D eigenvalue weighted by Crippen LogP contribution is 2.27. The molecule has 5 nitrogen and oxygen atoms in total. The number of ether oxygens (including phenoxy) is 3. The zero-order chi connectivity index (χ0) is 19.2. The third-order valence-corrected chi connectivity index (χ3v) is 4.62. The fourth-order valence-electron chi connectivity index (χ4n) is 2.54. The molecule has 7 heteroatoms. The molecule has 0 fully saturated rings. The van der Waals surface area contributed by atoms with Gasteiger partial charge in [-0.15, -0.1) is 0 Å². The van der Waals surface area contributed by atoms with Gasteiger partial charge in [-0.3, -0.25) is 4.79 Å². The molecule has 0 aromatic heterocycles. The van der Waals surface area contributed by atoms with Crippen LogP contribution in [0.5, 0.6) is 0 Å². The monoisotopic (exact) mass is 450 g/mol. The largest absolute Gasteiger partial charge is 0.490 e. The maximum Gasteiger partial charge on any atom is 0.342 e. The van der Waals surface area contributed by atoms with E-state index in [1.807, 2.05) is 24.3 Å². The van der Waals surface area contributed by atoms with Crippen LogP contribution in [0.1, 0.15) is 11.1 Å². The molecule has 0 radical (unpaired) electrons. The molecule has 2 aromatic carbocycles. The van der Waals surface area contributed by atoms with Crippen LogP contribution in [-0.4, -0.2) is 31.8 Å². The van der Waals surface area contributed by atoms with Crippen LogP contribution in [0.3, 0.4) is 0 Å². The van der Waals surface area contributed by atoms with Crippen molar-refractivity contribution in [3.05, 3.63) is 74.9 Å². The Hall–Kier alpha value is -2.31. The SMILES string of the molecule is O=C(Cc1ccc(Br)cc1)OCCOC1=C(c2ccc(Cl)cc2)C(=O)OC1. The van der Waals surface area contributed by atoms with Gasteiger partial charge in [0.15, 0.2) is 0 Å². The zero-order valence-electron chi connectivity index (χ0n) is 14.2. The molecule has 27 heavy (non-hydrogen) atoms. The highest BCUT2D eigenvalue weighted by Gasteiger charge is 2.27. The van der Waals surface area contributed by atoms with E-state index in [0.717, 1.165) is 10.0 Å². The minimum Gasteiger partial charge on any atom is -0.490 e. The van der Waals surface area contributed by atoms with Crippen LogP contribution in [0.15, 0.2) is 58.8 Å². The van der Waals surface area contributed by atoms with Crippen LogP contribution in [-0.2, 0) is 30.2 Å². The van der Waals surface area contributed by atoms with Gasteiger partial charge in [0.1, 0.15) is 31.2 Å². The minimum absolute atomic E-state index is 0.0592. The van der Waals surface area contributed by atoms with Crippen LogP contribution in [0.4, 0.5) is 0 Å². The summed E-state index contributed by atoms with van der Waals surface area (Å²) in [6.07, 6.45) is 0.188. The Labute approximate surface area is 170 Å². The summed E-state index contributed by atoms with van der Waals surface area (Å²) in [5.74, 6) is -0.364. The number of halogens is 2. The number of rotatable bonds is 7. The van der Waals surface area contributed by atoms with E-state index in [0.29, 0.717) is 21.9 Å². The standard InChI is InChI=1S/C20H16BrClO5/c21-15-5-1-13(2-6-15)11-18(23)26-10-9-25-17-12-27-20(24)19(17)14-3-7-16(22)8-4-14/h1-8H,9-12H2. The Bertz CT molecular complexity index is 859. The number of hydrogen-bond donors (Lipinski definition) is 0. The van der Waals surface area contributed by atoms with Gasteiger partial charge in [0.25, 0.3) is 0 Å². The highest BCUT2D eigenvalue weighted by molar-refractivity contribution is 9.10. The van der Waals surface area contributed by atoms with E-state index in [9.17, 15) is 9.59 Å². The first-order chi connectivity index (χ1) is 13.0. The molecule has 0 aliphatic carbocycles. The molecule has 0 N–H and O–H groups in total. The van der Waals surface area contributed by atoms with Gasteiger partial charge >= 0.3 is 11.9 Å². The zero-order valence-corrected chi connectivity index (χ0v) is 16.6. The van der Waals surface area contributed by atoms with Gasteiger partial charge in [-0.2, -0.15) is 0 Å². The number of benzene rings is 2. The van der Waals surface area contributed by atoms with Gasteiger partial charge in [0.05, 0.1) is 6.42 Å². The maximum atomic E-state index is 12.0. The molecule has 0 spiro atoms. The number of esters is 2. The predicted octanol–water partition coefficient (Wildman–Crippen LogP) is 4.17. The molecule has 140 valence electrons. The Morgan fingerprint density at radius 1 is 1.07 bits per heavy atom. The van der Waals surface area contributed by atoms with E-state index in [1.54, 1.807) is 24.3 Å². The summed E-state index contributed by atoms with van der Waals surface area (Å²) in [6.45, 7) is 0.278. The Morgan fingerprint density at radius 3 is 2.48 bits per heavy atom. The number of carbonyl (C=O) groups excluding carboxylic acids is 2. The smallest absolute Gasteiger partial charge is 0.342 e. The fraction of sp³-hybridized carbons (Fsp3) is 0.200. The summed E-state index contributed by atoms with van der Waals surface area (Å²) in [5, 5.41) is 0.575. The van der Waals surface area contributed by atoms with Crippen molar-refractivity contribution < 1.29 is 23.8 Å². The highest BCUT2D eigenvalue weighted by atomic mass is 79.9. The molecule has 0 atom stereocenters. The number of carbonyl (C=O) groups is 2. The van der Waals surface area contributed by atoms with Crippen LogP contribution < -0.4 is 0 Å². The average Bonchev–Trinajstić information content (AvgIpc) is 3.02. The van der Waals surface area contributed by atoms with Gasteiger partial charge in [-0.1, -0.05) is 51.8 Å². The van der Waals surface area contributed by atoms with Crippen molar-refractivity contribution in [2.45, 2.75) is 6.42 Å². The summed E-state index contributed by atoms with van der Waals surface area (Å²) < 4.78 is 16.8. The van der Waals surface area contributed by atoms with Crippen molar-refractivity contribution in [1.82, 2.24) is 0 Å². The van der Waals surface area contributed by atoms with Crippen molar-refractivity contribution in [3.63, 3.8) is 0 Å². The quantitative estimate of drug-likeness (QED) is 0.467. The molecule has 0 saturated carbocycles. The van der Waals surface area contributed by atoms with E-state index in [2.05, 4.69) is 15.9 Å². The van der Waals surface area contributed by atoms with E-state index in [4.69, 9.17) is 25.8 Å². The average molecular weight is 452 g/mol. The van der Waals surface area contributed by atoms with Gasteiger partial charge in [-0.25, -0.2) is 4.79 Å². The topological polar surface area (TPSA) is 61.8 Å². The van der Waals surface area contributed by atoms with Crippen LogP contribution in [0.25, 0.3) is 5.57 Å². The first-order valence-corrected chi connectivity index (χ1v) is 9.39. The van der Waals surface area contributed by atoms with Crippen molar-refractivity contribution >= 4 is 45.0 Å². The van der Waals surface area contributed by atoms with E-state index >= 15 is 0 Å². The van der Waals surface area contributed by atoms with Gasteiger partial charge < -0.3 is 14.2 Å². The van der Waals surface area contributed by atoms with Gasteiger partial charge in [0.2, 0.25) is 0 Å². The Balaban J connectivity index is 1.51. The molecule has 1 aliphatic rings. The predicted molar refractivity (Wildman–Crippen MR) is 104 cm³/mol. The lowest BCUT2D eigenvalue weighted by atomic mass is 10.1. The van der Waals surface area contributed by atoms with E-state index < -0.39 is 5.97 Å². The molecule has 0 amide bonds. The Kier molecular flexibility index (Phi) is 6.53. The lowest BCUT2D eigenvalue weighted by Gasteiger charge is -2.09. The molecule has 1 heterocycles. The van der Waals surface area contributed by atoms with Crippen molar-refractivity contribution in [2.75, 3.05) is 19.8 Å². The molecule has 3 rings (SSSR count). The molecule has 0 bridgehead atoms. The van der Waals surface area contributed by atoms with E-state index in [-0.39, 0.29) is 32.2 Å². The lowest BCUT2D eigenvalue weighted by Crippen LogP contribution is -2.13. The lowest BCUT2D eigenvalue weighted by molar-refractivity contribution is -0.144. The summed E-state index contributed by atoms with van der Waals surface area (Å²) >= 11 is 9.22. The summed E-state index contributed by atoms with van der Waals surface area (Å²) in [6, 6.07) is 14.3.